The first kappa shape index (κ1) is 18.6. The Balaban J connectivity index is 1.61. The molecule has 3 fully saturated rings. The largest absolute Gasteiger partial charge is 0.418 e. The molecule has 148 valence electrons. The topological polar surface area (TPSA) is 71.0 Å². The number of aromatic nitrogens is 3. The lowest BCUT2D eigenvalue weighted by atomic mass is 9.74. The smallest absolute Gasteiger partial charge is 0.318 e. The molecule has 0 spiro atoms. The summed E-state index contributed by atoms with van der Waals surface area (Å²) in [5, 5.41) is 2.57. The van der Waals surface area contributed by atoms with Gasteiger partial charge < -0.3 is 4.90 Å². The van der Waals surface area contributed by atoms with Crippen molar-refractivity contribution in [2.45, 2.75) is 44.4 Å². The molecule has 2 saturated heterocycles. The number of nitrogens with zero attached hydrogens (tertiary/aromatic N) is 4. The van der Waals surface area contributed by atoms with E-state index in [2.05, 4.69) is 27.2 Å². The summed E-state index contributed by atoms with van der Waals surface area (Å²) in [6, 6.07) is 0.990. The molecule has 2 amide bonds. The van der Waals surface area contributed by atoms with E-state index >= 15 is 0 Å². The molecule has 10 heteroatoms. The van der Waals surface area contributed by atoms with Crippen LogP contribution >= 0.6 is 0 Å². The highest BCUT2D eigenvalue weighted by Crippen LogP contribution is 2.41. The zero-order chi connectivity index (χ0) is 20.1. The van der Waals surface area contributed by atoms with Crippen molar-refractivity contribution in [3.05, 3.63) is 36.0 Å². The summed E-state index contributed by atoms with van der Waals surface area (Å²) in [7, 11) is 0. The van der Waals surface area contributed by atoms with Crippen LogP contribution in [0.1, 0.15) is 31.7 Å². The molecule has 1 N–H and O–H groups in total. The summed E-state index contributed by atoms with van der Waals surface area (Å²) >= 11 is 0. The fraction of sp³-hybridized carbons (Fsp3) is 0.444. The van der Waals surface area contributed by atoms with E-state index in [-0.39, 0.29) is 35.3 Å². The second kappa shape index (κ2) is 6.68. The third-order valence-electron chi connectivity index (χ3n) is 5.22. The van der Waals surface area contributed by atoms with Crippen molar-refractivity contribution in [3.63, 3.8) is 0 Å². The monoisotopic (exact) mass is 395 g/mol. The standard InChI is InChI=1S/C18H17F4N5O/c1-9-2-11-4-12(3-9)27(11)17(28)26-15-5-13(14(8-23-15)18(20,21)22)16-24-6-10(19)7-25-16/h5-9,11-12H,2-4H2,1H3,(H,23,26,28). The predicted octanol–water partition coefficient (Wildman–Crippen LogP) is 4.10. The molecule has 2 aromatic rings. The highest BCUT2D eigenvalue weighted by molar-refractivity contribution is 5.90. The van der Waals surface area contributed by atoms with E-state index in [1.807, 2.05) is 0 Å². The van der Waals surface area contributed by atoms with Crippen molar-refractivity contribution < 1.29 is 22.4 Å². The van der Waals surface area contributed by atoms with Gasteiger partial charge in [-0.3, -0.25) is 5.32 Å². The Labute approximate surface area is 158 Å². The van der Waals surface area contributed by atoms with E-state index in [1.165, 1.54) is 0 Å². The number of alkyl halides is 3. The van der Waals surface area contributed by atoms with Crippen LogP contribution in [0.4, 0.5) is 28.2 Å². The number of hydrogen-bond acceptors (Lipinski definition) is 4. The first-order valence-corrected chi connectivity index (χ1v) is 8.87. The predicted molar refractivity (Wildman–Crippen MR) is 91.7 cm³/mol. The fourth-order valence-corrected chi connectivity index (χ4v) is 4.04. The molecule has 1 saturated carbocycles. The molecular weight excluding hydrogens is 378 g/mol. The van der Waals surface area contributed by atoms with Gasteiger partial charge >= 0.3 is 12.2 Å². The van der Waals surface area contributed by atoms with Gasteiger partial charge in [-0.2, -0.15) is 13.2 Å². The zero-order valence-electron chi connectivity index (χ0n) is 14.9. The normalized spacial score (nSPS) is 23.9. The van der Waals surface area contributed by atoms with Crippen LogP contribution in [0.25, 0.3) is 11.4 Å². The van der Waals surface area contributed by atoms with Gasteiger partial charge in [-0.15, -0.1) is 0 Å². The Kier molecular flexibility index (Phi) is 4.43. The van der Waals surface area contributed by atoms with Crippen molar-refractivity contribution >= 4 is 11.8 Å². The third-order valence-corrected chi connectivity index (χ3v) is 5.22. The SMILES string of the molecule is CC1CC2CC(C1)N2C(=O)Nc1cc(-c2ncc(F)cn2)c(C(F)(F)F)cn1. The minimum atomic E-state index is -4.70. The highest BCUT2D eigenvalue weighted by Gasteiger charge is 2.46. The minimum absolute atomic E-state index is 0.0426. The van der Waals surface area contributed by atoms with Gasteiger partial charge in [0.25, 0.3) is 0 Å². The lowest BCUT2D eigenvalue weighted by Crippen LogP contribution is -2.63. The molecule has 2 atom stereocenters. The lowest BCUT2D eigenvalue weighted by molar-refractivity contribution is -0.137. The summed E-state index contributed by atoms with van der Waals surface area (Å²) in [6.45, 7) is 2.14. The van der Waals surface area contributed by atoms with Crippen LogP contribution in [0.5, 0.6) is 0 Å². The Hall–Kier alpha value is -2.78. The number of urea groups is 1. The maximum absolute atomic E-state index is 13.3. The molecule has 2 aliphatic heterocycles. The molecule has 0 radical (unpaired) electrons. The highest BCUT2D eigenvalue weighted by atomic mass is 19.4. The molecule has 5 rings (SSSR count). The van der Waals surface area contributed by atoms with Gasteiger partial charge in [-0.25, -0.2) is 24.1 Å². The molecule has 1 aliphatic carbocycles. The molecule has 6 nitrogen and oxygen atoms in total. The number of halogens is 4. The van der Waals surface area contributed by atoms with Gasteiger partial charge in [0.1, 0.15) is 5.82 Å². The minimum Gasteiger partial charge on any atom is -0.318 e. The lowest BCUT2D eigenvalue weighted by Gasteiger charge is -2.54. The Bertz CT molecular complexity index is 890. The average molecular weight is 395 g/mol. The summed E-state index contributed by atoms with van der Waals surface area (Å²) < 4.78 is 53.0. The van der Waals surface area contributed by atoms with E-state index in [1.54, 1.807) is 4.90 Å². The van der Waals surface area contributed by atoms with Crippen LogP contribution in [0, 0.1) is 11.7 Å². The van der Waals surface area contributed by atoms with Gasteiger partial charge in [0.2, 0.25) is 0 Å². The second-order valence-electron chi connectivity index (χ2n) is 7.30. The van der Waals surface area contributed by atoms with Crippen LogP contribution in [0.15, 0.2) is 24.7 Å². The molecule has 2 unspecified atom stereocenters. The van der Waals surface area contributed by atoms with Gasteiger partial charge in [0, 0.05) is 23.8 Å². The number of piperidine rings is 1. The number of anilines is 1. The van der Waals surface area contributed by atoms with Crippen LogP contribution in [0.3, 0.4) is 0 Å². The van der Waals surface area contributed by atoms with E-state index in [4.69, 9.17) is 0 Å². The molecule has 28 heavy (non-hydrogen) atoms. The van der Waals surface area contributed by atoms with Gasteiger partial charge in [0.05, 0.1) is 18.0 Å². The molecule has 4 heterocycles. The molecule has 0 aromatic carbocycles. The van der Waals surface area contributed by atoms with Gasteiger partial charge in [-0.1, -0.05) is 6.92 Å². The second-order valence-corrected chi connectivity index (χ2v) is 7.30. The Morgan fingerprint density at radius 1 is 1.11 bits per heavy atom. The summed E-state index contributed by atoms with van der Waals surface area (Å²) in [5.41, 5.74) is -1.44. The Morgan fingerprint density at radius 2 is 1.75 bits per heavy atom. The number of carbonyl (C=O) groups is 1. The van der Waals surface area contributed by atoms with Crippen molar-refractivity contribution in [2.75, 3.05) is 5.32 Å². The first-order chi connectivity index (χ1) is 13.2. The number of pyridine rings is 1. The zero-order valence-corrected chi connectivity index (χ0v) is 14.9. The fourth-order valence-electron chi connectivity index (χ4n) is 4.04. The Morgan fingerprint density at radius 3 is 2.36 bits per heavy atom. The van der Waals surface area contributed by atoms with Crippen molar-refractivity contribution in [1.82, 2.24) is 19.9 Å². The summed E-state index contributed by atoms with van der Waals surface area (Å²) in [5.74, 6) is -0.558. The van der Waals surface area contributed by atoms with E-state index in [0.29, 0.717) is 12.1 Å². The quantitative estimate of drug-likeness (QED) is 0.778. The van der Waals surface area contributed by atoms with Gasteiger partial charge in [-0.05, 0) is 31.2 Å². The molecule has 3 aliphatic rings. The summed E-state index contributed by atoms with van der Waals surface area (Å²) in [4.78, 5) is 25.3. The van der Waals surface area contributed by atoms with Crippen LogP contribution in [0.2, 0.25) is 0 Å². The van der Waals surface area contributed by atoms with Crippen LogP contribution in [-0.2, 0) is 6.18 Å². The van der Waals surface area contributed by atoms with Gasteiger partial charge in [0.15, 0.2) is 11.6 Å². The molecule has 2 aromatic heterocycles. The molecular formula is C18H17F4N5O. The van der Waals surface area contributed by atoms with E-state index in [0.717, 1.165) is 37.7 Å². The van der Waals surface area contributed by atoms with E-state index in [9.17, 15) is 22.4 Å². The number of fused-ring (bicyclic) bond motifs is 2. The van der Waals surface area contributed by atoms with Crippen LogP contribution < -0.4 is 5.32 Å². The average Bonchev–Trinajstić information content (AvgIpc) is 2.60. The number of nitrogens with one attached hydrogen (secondary N) is 1. The summed E-state index contributed by atoms with van der Waals surface area (Å²) in [6.07, 6.45) is 0.266. The number of amides is 2. The number of rotatable bonds is 2. The van der Waals surface area contributed by atoms with Crippen molar-refractivity contribution in [3.8, 4) is 11.4 Å². The maximum Gasteiger partial charge on any atom is 0.418 e. The maximum atomic E-state index is 13.3. The van der Waals surface area contributed by atoms with Crippen LogP contribution in [-0.4, -0.2) is 38.0 Å². The third kappa shape index (κ3) is 3.38. The number of carbonyl (C=O) groups excluding carboxylic acids is 1. The number of hydrogen-bond donors (Lipinski definition) is 1. The van der Waals surface area contributed by atoms with Crippen molar-refractivity contribution in [1.29, 1.82) is 0 Å². The first-order valence-electron chi connectivity index (χ1n) is 8.87. The molecule has 2 bridgehead atoms. The van der Waals surface area contributed by atoms with Crippen molar-refractivity contribution in [2.24, 2.45) is 5.92 Å². The van der Waals surface area contributed by atoms with E-state index < -0.39 is 17.6 Å².